The van der Waals surface area contributed by atoms with Gasteiger partial charge in [-0.1, -0.05) is 36.2 Å². The number of hydrogen-bond donors (Lipinski definition) is 1. The van der Waals surface area contributed by atoms with E-state index in [0.717, 1.165) is 37.3 Å². The zero-order valence-electron chi connectivity index (χ0n) is 13.1. The summed E-state index contributed by atoms with van der Waals surface area (Å²) in [5, 5.41) is 0. The van der Waals surface area contributed by atoms with E-state index in [4.69, 9.17) is 4.74 Å². The predicted molar refractivity (Wildman–Crippen MR) is 86.7 cm³/mol. The lowest BCUT2D eigenvalue weighted by Gasteiger charge is -2.44. The average Bonchev–Trinajstić information content (AvgIpc) is 2.96. The maximum Gasteiger partial charge on any atom is 0.126 e. The Bertz CT molecular complexity index is 630. The molecule has 0 amide bonds. The first-order chi connectivity index (χ1) is 10.8. The van der Waals surface area contributed by atoms with Crippen molar-refractivity contribution in [2.45, 2.75) is 38.3 Å². The van der Waals surface area contributed by atoms with Crippen LogP contribution < -0.4 is 0 Å². The van der Waals surface area contributed by atoms with Crippen molar-refractivity contribution in [3.05, 3.63) is 41.9 Å². The first-order valence-corrected chi connectivity index (χ1v) is 8.27. The van der Waals surface area contributed by atoms with Crippen LogP contribution in [0.4, 0.5) is 0 Å². The van der Waals surface area contributed by atoms with Crippen LogP contribution in [0, 0.1) is 6.92 Å². The van der Waals surface area contributed by atoms with Gasteiger partial charge >= 0.3 is 0 Å². The Kier molecular flexibility index (Phi) is 3.72. The molecule has 2 fully saturated rings. The Balaban J connectivity index is 1.57. The normalized spacial score (nSPS) is 23.4. The smallest absolute Gasteiger partial charge is 0.126 e. The van der Waals surface area contributed by atoms with Gasteiger partial charge in [-0.2, -0.15) is 0 Å². The number of aromatic nitrogens is 2. The van der Waals surface area contributed by atoms with Crippen LogP contribution in [0.5, 0.6) is 0 Å². The third-order valence-electron chi connectivity index (χ3n) is 4.99. The van der Waals surface area contributed by atoms with E-state index in [1.165, 1.54) is 30.4 Å². The van der Waals surface area contributed by atoms with Crippen LogP contribution in [-0.2, 0) is 4.74 Å². The van der Waals surface area contributed by atoms with Gasteiger partial charge in [-0.05, 0) is 25.3 Å². The molecule has 4 nitrogen and oxygen atoms in total. The lowest BCUT2D eigenvalue weighted by atomic mass is 9.90. The van der Waals surface area contributed by atoms with E-state index in [9.17, 15) is 0 Å². The summed E-state index contributed by atoms with van der Waals surface area (Å²) in [5.41, 5.74) is 3.56. The van der Waals surface area contributed by atoms with E-state index >= 15 is 0 Å². The van der Waals surface area contributed by atoms with Crippen LogP contribution in [0.15, 0.2) is 30.5 Å². The quantitative estimate of drug-likeness (QED) is 0.945. The number of nitrogens with zero attached hydrogens (tertiary/aromatic N) is 2. The lowest BCUT2D eigenvalue weighted by molar-refractivity contribution is -0.0494. The summed E-state index contributed by atoms with van der Waals surface area (Å²) in [6.07, 6.45) is 5.96. The molecule has 0 unspecified atom stereocenters. The highest BCUT2D eigenvalue weighted by Gasteiger charge is 2.34. The number of imidazole rings is 1. The molecule has 116 valence electrons. The Morgan fingerprint density at radius 2 is 2.05 bits per heavy atom. The molecule has 0 radical (unpaired) electrons. The Morgan fingerprint density at radius 3 is 2.77 bits per heavy atom. The van der Waals surface area contributed by atoms with E-state index in [-0.39, 0.29) is 6.04 Å². The summed E-state index contributed by atoms with van der Waals surface area (Å²) < 4.78 is 5.71. The van der Waals surface area contributed by atoms with E-state index in [1.54, 1.807) is 0 Å². The first-order valence-electron chi connectivity index (χ1n) is 8.27. The highest BCUT2D eigenvalue weighted by Crippen LogP contribution is 2.33. The number of aromatic amines is 1. The van der Waals surface area contributed by atoms with E-state index in [2.05, 4.69) is 46.1 Å². The minimum Gasteiger partial charge on any atom is -0.378 e. The molecule has 1 aliphatic carbocycles. The maximum atomic E-state index is 5.71. The largest absolute Gasteiger partial charge is 0.378 e. The predicted octanol–water partition coefficient (Wildman–Crippen LogP) is 3.31. The number of nitrogens with one attached hydrogen (secondary N) is 1. The van der Waals surface area contributed by atoms with Gasteiger partial charge in [-0.25, -0.2) is 4.98 Å². The van der Waals surface area contributed by atoms with E-state index < -0.39 is 0 Å². The van der Waals surface area contributed by atoms with Gasteiger partial charge in [0, 0.05) is 12.6 Å². The fraction of sp³-hybridized carbons (Fsp3) is 0.500. The Hall–Kier alpha value is -1.65. The molecule has 4 heteroatoms. The second-order valence-electron chi connectivity index (χ2n) is 6.46. The summed E-state index contributed by atoms with van der Waals surface area (Å²) >= 11 is 0. The number of H-pyrrole nitrogens is 1. The molecule has 1 atom stereocenters. The Morgan fingerprint density at radius 1 is 1.23 bits per heavy atom. The second kappa shape index (κ2) is 5.86. The van der Waals surface area contributed by atoms with E-state index in [1.807, 2.05) is 6.20 Å². The van der Waals surface area contributed by atoms with Crippen molar-refractivity contribution in [1.29, 1.82) is 0 Å². The Labute approximate surface area is 131 Å². The molecule has 1 aliphatic heterocycles. The van der Waals surface area contributed by atoms with Gasteiger partial charge in [0.05, 0.1) is 31.1 Å². The van der Waals surface area contributed by atoms with Gasteiger partial charge in [0.15, 0.2) is 0 Å². The molecule has 1 N–H and O–H groups in total. The fourth-order valence-corrected chi connectivity index (χ4v) is 3.39. The van der Waals surface area contributed by atoms with Crippen molar-refractivity contribution in [1.82, 2.24) is 14.9 Å². The second-order valence-corrected chi connectivity index (χ2v) is 6.46. The van der Waals surface area contributed by atoms with Gasteiger partial charge in [0.1, 0.15) is 5.82 Å². The van der Waals surface area contributed by atoms with Crippen LogP contribution in [0.3, 0.4) is 0 Å². The molecule has 1 saturated carbocycles. The molecule has 2 heterocycles. The molecular weight excluding hydrogens is 274 g/mol. The fourth-order valence-electron chi connectivity index (χ4n) is 3.39. The monoisotopic (exact) mass is 297 g/mol. The number of morpholine rings is 1. The number of hydrogen-bond acceptors (Lipinski definition) is 3. The molecular formula is C18H23N3O. The van der Waals surface area contributed by atoms with Gasteiger partial charge in [0.2, 0.25) is 0 Å². The first kappa shape index (κ1) is 14.0. The molecule has 4 rings (SSSR count). The minimum atomic E-state index is 0.276. The molecule has 22 heavy (non-hydrogen) atoms. The third kappa shape index (κ3) is 2.57. The molecule has 2 aliphatic rings. The zero-order valence-corrected chi connectivity index (χ0v) is 13.1. The van der Waals surface area contributed by atoms with Crippen LogP contribution in [0.25, 0.3) is 11.3 Å². The zero-order chi connectivity index (χ0) is 14.9. The van der Waals surface area contributed by atoms with Gasteiger partial charge in [-0.3, -0.25) is 4.90 Å². The standard InChI is InChI=1S/C18H23N3O/c1-13-5-7-14(8-6-13)16-11-19-18(20-16)17-12-22-10-9-21(17)15-3-2-4-15/h5-8,11,15,17H,2-4,9-10,12H2,1H3,(H,19,20)/t17-/m0/s1. The summed E-state index contributed by atoms with van der Waals surface area (Å²) in [6.45, 7) is 4.73. The number of aryl methyl sites for hydroxylation is 1. The maximum absolute atomic E-state index is 5.71. The van der Waals surface area contributed by atoms with E-state index in [0.29, 0.717) is 0 Å². The van der Waals surface area contributed by atoms with Crippen molar-refractivity contribution >= 4 is 0 Å². The van der Waals surface area contributed by atoms with Crippen LogP contribution in [0.2, 0.25) is 0 Å². The average molecular weight is 297 g/mol. The molecule has 1 aromatic carbocycles. The third-order valence-corrected chi connectivity index (χ3v) is 4.99. The molecule has 0 bridgehead atoms. The molecule has 2 aromatic rings. The molecule has 0 spiro atoms. The molecule has 1 aromatic heterocycles. The van der Waals surface area contributed by atoms with Gasteiger partial charge in [0.25, 0.3) is 0 Å². The summed E-state index contributed by atoms with van der Waals surface area (Å²) in [6, 6.07) is 9.57. The minimum absolute atomic E-state index is 0.276. The van der Waals surface area contributed by atoms with Crippen molar-refractivity contribution in [2.75, 3.05) is 19.8 Å². The highest BCUT2D eigenvalue weighted by molar-refractivity contribution is 5.58. The summed E-state index contributed by atoms with van der Waals surface area (Å²) in [5.74, 6) is 1.04. The van der Waals surface area contributed by atoms with Crippen LogP contribution in [-0.4, -0.2) is 40.7 Å². The van der Waals surface area contributed by atoms with Crippen LogP contribution in [0.1, 0.15) is 36.7 Å². The van der Waals surface area contributed by atoms with Crippen molar-refractivity contribution < 1.29 is 4.74 Å². The van der Waals surface area contributed by atoms with Crippen LogP contribution >= 0.6 is 0 Å². The molecule has 1 saturated heterocycles. The summed E-state index contributed by atoms with van der Waals surface area (Å²) in [7, 11) is 0. The number of ether oxygens (including phenoxy) is 1. The van der Waals surface area contributed by atoms with Gasteiger partial charge in [-0.15, -0.1) is 0 Å². The van der Waals surface area contributed by atoms with Gasteiger partial charge < -0.3 is 9.72 Å². The topological polar surface area (TPSA) is 41.1 Å². The lowest BCUT2D eigenvalue weighted by Crippen LogP contribution is -2.48. The number of benzene rings is 1. The summed E-state index contributed by atoms with van der Waals surface area (Å²) in [4.78, 5) is 10.8. The highest BCUT2D eigenvalue weighted by atomic mass is 16.5. The SMILES string of the molecule is Cc1ccc(-c2cnc([C@@H]3COCCN3C3CCC3)[nH]2)cc1. The number of rotatable bonds is 3. The van der Waals surface area contributed by atoms with Crippen molar-refractivity contribution in [2.24, 2.45) is 0 Å². The van der Waals surface area contributed by atoms with Crippen molar-refractivity contribution in [3.63, 3.8) is 0 Å². The van der Waals surface area contributed by atoms with Crippen molar-refractivity contribution in [3.8, 4) is 11.3 Å².